The van der Waals surface area contributed by atoms with Crippen LogP contribution < -0.4 is 5.73 Å². The van der Waals surface area contributed by atoms with Crippen LogP contribution in [0.25, 0.3) is 10.9 Å². The van der Waals surface area contributed by atoms with E-state index in [0.29, 0.717) is 11.2 Å². The molecule has 0 aliphatic heterocycles. The summed E-state index contributed by atoms with van der Waals surface area (Å²) in [5, 5.41) is 10.2. The average Bonchev–Trinajstić information content (AvgIpc) is 2.12. The van der Waals surface area contributed by atoms with Gasteiger partial charge in [-0.1, -0.05) is 6.07 Å². The Hall–Kier alpha value is -1.48. The van der Waals surface area contributed by atoms with Crippen molar-refractivity contribution in [2.75, 3.05) is 5.73 Å². The van der Waals surface area contributed by atoms with E-state index in [1.807, 2.05) is 12.1 Å². The number of anilines is 1. The maximum absolute atomic E-state index is 9.25. The lowest BCUT2D eigenvalue weighted by atomic mass is 10.2. The quantitative estimate of drug-likeness (QED) is 0.500. The Bertz CT molecular complexity index is 431. The number of hydrogen-bond acceptors (Lipinski definition) is 3. The zero-order chi connectivity index (χ0) is 8.55. The van der Waals surface area contributed by atoms with Crippen molar-refractivity contribution >= 4 is 29.0 Å². The predicted octanol–water partition coefficient (Wildman–Crippen LogP) is 1.94. The molecule has 0 aliphatic rings. The monoisotopic (exact) mass is 196 g/mol. The third-order valence-electron chi connectivity index (χ3n) is 1.79. The van der Waals surface area contributed by atoms with Gasteiger partial charge in [0.2, 0.25) is 0 Å². The minimum Gasteiger partial charge on any atom is -0.506 e. The second kappa shape index (κ2) is 3.49. The summed E-state index contributed by atoms with van der Waals surface area (Å²) in [5.41, 5.74) is 6.60. The number of hydrogen-bond donors (Lipinski definition) is 2. The smallest absolute Gasteiger partial charge is 0.140 e. The van der Waals surface area contributed by atoms with Gasteiger partial charge in [-0.25, -0.2) is 0 Å². The van der Waals surface area contributed by atoms with E-state index < -0.39 is 0 Å². The van der Waals surface area contributed by atoms with E-state index in [1.54, 1.807) is 18.3 Å². The molecule has 1 heterocycles. The molecule has 2 rings (SSSR count). The number of phenolic OH excluding ortho intramolecular Hbond substituents is 1. The lowest BCUT2D eigenvalue weighted by Gasteiger charge is -2.01. The Balaban J connectivity index is 0.000000845. The number of nitrogen functional groups attached to an aromatic ring is 1. The van der Waals surface area contributed by atoms with E-state index in [1.165, 1.54) is 0 Å². The lowest BCUT2D eigenvalue weighted by Crippen LogP contribution is -1.89. The van der Waals surface area contributed by atoms with Crippen molar-refractivity contribution in [1.29, 1.82) is 0 Å². The van der Waals surface area contributed by atoms with Crippen LogP contribution in [0.15, 0.2) is 30.5 Å². The highest BCUT2D eigenvalue weighted by molar-refractivity contribution is 5.92. The van der Waals surface area contributed by atoms with Gasteiger partial charge < -0.3 is 10.8 Å². The van der Waals surface area contributed by atoms with Crippen molar-refractivity contribution in [3.8, 4) is 5.75 Å². The van der Waals surface area contributed by atoms with Gasteiger partial charge in [-0.3, -0.25) is 4.98 Å². The van der Waals surface area contributed by atoms with Gasteiger partial charge in [0.05, 0.1) is 5.52 Å². The zero-order valence-corrected chi connectivity index (χ0v) is 7.58. The number of phenols is 1. The molecule has 0 spiro atoms. The fraction of sp³-hybridized carbons (Fsp3) is 0. The molecular weight excluding hydrogens is 188 g/mol. The van der Waals surface area contributed by atoms with Gasteiger partial charge in [0.15, 0.2) is 0 Å². The Labute approximate surface area is 81.6 Å². The first kappa shape index (κ1) is 9.61. The minimum absolute atomic E-state index is 0. The molecule has 0 fully saturated rings. The maximum Gasteiger partial charge on any atom is 0.140 e. The van der Waals surface area contributed by atoms with Gasteiger partial charge >= 0.3 is 0 Å². The average molecular weight is 197 g/mol. The second-order valence-electron chi connectivity index (χ2n) is 2.57. The summed E-state index contributed by atoms with van der Waals surface area (Å²) in [6.07, 6.45) is 1.65. The topological polar surface area (TPSA) is 59.1 Å². The molecule has 4 heteroatoms. The number of aromatic hydroxyl groups is 1. The van der Waals surface area contributed by atoms with Crippen LogP contribution in [0.5, 0.6) is 5.75 Å². The molecular formula is C9H9ClN2O. The largest absolute Gasteiger partial charge is 0.506 e. The summed E-state index contributed by atoms with van der Waals surface area (Å²) < 4.78 is 0. The molecule has 0 radical (unpaired) electrons. The van der Waals surface area contributed by atoms with Gasteiger partial charge in [-0.15, -0.1) is 12.4 Å². The van der Waals surface area contributed by atoms with Crippen LogP contribution in [-0.4, -0.2) is 10.1 Å². The molecule has 0 amide bonds. The van der Waals surface area contributed by atoms with Crippen LogP contribution >= 0.6 is 12.4 Å². The highest BCUT2D eigenvalue weighted by Crippen LogP contribution is 2.26. The van der Waals surface area contributed by atoms with Crippen molar-refractivity contribution in [3.63, 3.8) is 0 Å². The molecule has 1 aromatic carbocycles. The van der Waals surface area contributed by atoms with Crippen molar-refractivity contribution < 1.29 is 5.11 Å². The first-order valence-corrected chi connectivity index (χ1v) is 3.61. The van der Waals surface area contributed by atoms with Crippen molar-refractivity contribution in [2.24, 2.45) is 0 Å². The number of halogens is 1. The molecule has 0 saturated carbocycles. The van der Waals surface area contributed by atoms with Gasteiger partial charge in [-0.05, 0) is 18.2 Å². The zero-order valence-electron chi connectivity index (χ0n) is 6.77. The molecule has 0 atom stereocenters. The fourth-order valence-electron chi connectivity index (χ4n) is 1.16. The molecule has 0 saturated heterocycles. The van der Waals surface area contributed by atoms with Gasteiger partial charge in [-0.2, -0.15) is 0 Å². The van der Waals surface area contributed by atoms with E-state index >= 15 is 0 Å². The second-order valence-corrected chi connectivity index (χ2v) is 2.57. The van der Waals surface area contributed by atoms with Gasteiger partial charge in [0.1, 0.15) is 11.4 Å². The predicted molar refractivity (Wildman–Crippen MR) is 55.1 cm³/mol. The molecule has 13 heavy (non-hydrogen) atoms. The summed E-state index contributed by atoms with van der Waals surface area (Å²) in [6.45, 7) is 0. The molecule has 68 valence electrons. The number of fused-ring (bicyclic) bond motifs is 1. The van der Waals surface area contributed by atoms with Crippen LogP contribution in [0.4, 0.5) is 5.69 Å². The normalized spacial score (nSPS) is 9.54. The summed E-state index contributed by atoms with van der Waals surface area (Å²) in [6, 6.07) is 7.09. The Morgan fingerprint density at radius 1 is 1.23 bits per heavy atom. The summed E-state index contributed by atoms with van der Waals surface area (Å²) in [7, 11) is 0. The van der Waals surface area contributed by atoms with Crippen molar-refractivity contribution in [1.82, 2.24) is 4.98 Å². The molecule has 0 bridgehead atoms. The van der Waals surface area contributed by atoms with Crippen molar-refractivity contribution in [3.05, 3.63) is 30.5 Å². The summed E-state index contributed by atoms with van der Waals surface area (Å²) in [5.74, 6) is 0.0844. The summed E-state index contributed by atoms with van der Waals surface area (Å²) >= 11 is 0. The number of pyridine rings is 1. The van der Waals surface area contributed by atoms with E-state index in [-0.39, 0.29) is 18.2 Å². The molecule has 3 nitrogen and oxygen atoms in total. The van der Waals surface area contributed by atoms with Crippen LogP contribution in [0, 0.1) is 0 Å². The highest BCUT2D eigenvalue weighted by Gasteiger charge is 2.01. The number of aromatic nitrogens is 1. The Kier molecular flexibility index (Phi) is 2.58. The Morgan fingerprint density at radius 3 is 2.77 bits per heavy atom. The van der Waals surface area contributed by atoms with E-state index in [0.717, 1.165) is 5.39 Å². The van der Waals surface area contributed by atoms with Gasteiger partial charge in [0, 0.05) is 11.6 Å². The Morgan fingerprint density at radius 2 is 2.00 bits per heavy atom. The van der Waals surface area contributed by atoms with Crippen molar-refractivity contribution in [2.45, 2.75) is 0 Å². The van der Waals surface area contributed by atoms with Crippen LogP contribution in [-0.2, 0) is 0 Å². The van der Waals surface area contributed by atoms with Crippen LogP contribution in [0.3, 0.4) is 0 Å². The van der Waals surface area contributed by atoms with Gasteiger partial charge in [0.25, 0.3) is 0 Å². The maximum atomic E-state index is 9.25. The van der Waals surface area contributed by atoms with E-state index in [9.17, 15) is 5.11 Å². The lowest BCUT2D eigenvalue weighted by molar-refractivity contribution is 0.478. The summed E-state index contributed by atoms with van der Waals surface area (Å²) in [4.78, 5) is 4.06. The third-order valence-corrected chi connectivity index (χ3v) is 1.79. The van der Waals surface area contributed by atoms with E-state index in [4.69, 9.17) is 5.73 Å². The standard InChI is InChI=1S/C9H8N2O.ClH/c10-8-7(12)4-3-6-2-1-5-11-9(6)8;/h1-5,12H,10H2;1H. The van der Waals surface area contributed by atoms with Crippen LogP contribution in [0.2, 0.25) is 0 Å². The molecule has 2 aromatic rings. The van der Waals surface area contributed by atoms with Crippen LogP contribution in [0.1, 0.15) is 0 Å². The number of nitrogens with zero attached hydrogens (tertiary/aromatic N) is 1. The molecule has 0 unspecified atom stereocenters. The fourth-order valence-corrected chi connectivity index (χ4v) is 1.16. The number of rotatable bonds is 0. The first-order chi connectivity index (χ1) is 5.79. The third kappa shape index (κ3) is 1.51. The van der Waals surface area contributed by atoms with E-state index in [2.05, 4.69) is 4.98 Å². The molecule has 3 N–H and O–H groups in total. The minimum atomic E-state index is 0. The molecule has 1 aromatic heterocycles. The SMILES string of the molecule is Cl.Nc1c(O)ccc2cccnc12. The first-order valence-electron chi connectivity index (χ1n) is 3.61. The highest BCUT2D eigenvalue weighted by atomic mass is 35.5. The molecule has 0 aliphatic carbocycles. The number of benzene rings is 1. The number of nitrogens with two attached hydrogens (primary N) is 1.